The van der Waals surface area contributed by atoms with E-state index in [2.05, 4.69) is 0 Å². The van der Waals surface area contributed by atoms with Crippen molar-refractivity contribution in [2.45, 2.75) is 24.0 Å². The number of rotatable bonds is 2. The molecule has 2 rings (SSSR count). The van der Waals surface area contributed by atoms with E-state index in [4.69, 9.17) is 4.74 Å². The molecule has 0 bridgehead atoms. The van der Waals surface area contributed by atoms with Crippen molar-refractivity contribution >= 4 is 23.6 Å². The molecule has 2 fully saturated rings. The number of amides is 1. The largest absolute Gasteiger partial charge is 0.465 e. The fraction of sp³-hybridized carbons (Fsp3) is 0.750. The van der Waals surface area contributed by atoms with E-state index in [0.717, 1.165) is 6.54 Å². The van der Waals surface area contributed by atoms with Crippen LogP contribution in [0.5, 0.6) is 0 Å². The number of thioether (sulfide) groups is 1. The van der Waals surface area contributed by atoms with Gasteiger partial charge in [0.05, 0.1) is 17.0 Å². The molecule has 0 aromatic rings. The van der Waals surface area contributed by atoms with Crippen LogP contribution in [-0.2, 0) is 14.3 Å². The SMILES string of the molecule is CC(=O)OCC1CN2C(=O)CC2S1. The molecular weight excluding hydrogens is 190 g/mol. The number of carbonyl (C=O) groups excluding carboxylic acids is 2. The molecular formula is C8H11NO3S. The summed E-state index contributed by atoms with van der Waals surface area (Å²) in [6.45, 7) is 2.57. The number of esters is 1. The lowest BCUT2D eigenvalue weighted by molar-refractivity contribution is -0.141. The van der Waals surface area contributed by atoms with E-state index in [0.29, 0.717) is 18.4 Å². The van der Waals surface area contributed by atoms with Gasteiger partial charge in [-0.1, -0.05) is 0 Å². The Morgan fingerprint density at radius 2 is 2.54 bits per heavy atom. The first-order chi connectivity index (χ1) is 6.16. The molecule has 4 nitrogen and oxygen atoms in total. The van der Waals surface area contributed by atoms with Crippen LogP contribution in [0, 0.1) is 0 Å². The zero-order valence-electron chi connectivity index (χ0n) is 7.36. The van der Waals surface area contributed by atoms with Crippen molar-refractivity contribution in [2.24, 2.45) is 0 Å². The third-order valence-corrected chi connectivity index (χ3v) is 3.64. The Bertz CT molecular complexity index is 256. The van der Waals surface area contributed by atoms with Crippen LogP contribution in [0.25, 0.3) is 0 Å². The molecule has 0 radical (unpaired) electrons. The molecule has 5 heteroatoms. The van der Waals surface area contributed by atoms with Crippen LogP contribution in [0.1, 0.15) is 13.3 Å². The number of hydrogen-bond donors (Lipinski definition) is 0. The van der Waals surface area contributed by atoms with Crippen molar-refractivity contribution in [3.05, 3.63) is 0 Å². The van der Waals surface area contributed by atoms with Gasteiger partial charge in [0.1, 0.15) is 6.61 Å². The molecule has 0 aromatic carbocycles. The first kappa shape index (κ1) is 8.87. The Balaban J connectivity index is 1.78. The molecule has 2 saturated heterocycles. The second kappa shape index (κ2) is 3.21. The fourth-order valence-corrected chi connectivity index (χ4v) is 2.98. The first-order valence-electron chi connectivity index (χ1n) is 4.25. The van der Waals surface area contributed by atoms with E-state index >= 15 is 0 Å². The van der Waals surface area contributed by atoms with E-state index in [1.165, 1.54) is 6.92 Å². The smallest absolute Gasteiger partial charge is 0.302 e. The molecule has 2 unspecified atom stereocenters. The summed E-state index contributed by atoms with van der Waals surface area (Å²) in [6, 6.07) is 0. The van der Waals surface area contributed by atoms with Crippen LogP contribution in [0.4, 0.5) is 0 Å². The molecule has 0 spiro atoms. The van der Waals surface area contributed by atoms with Crippen molar-refractivity contribution in [2.75, 3.05) is 13.2 Å². The lowest BCUT2D eigenvalue weighted by Gasteiger charge is -2.32. The topological polar surface area (TPSA) is 46.6 Å². The Morgan fingerprint density at radius 1 is 1.77 bits per heavy atom. The quantitative estimate of drug-likeness (QED) is 0.474. The molecule has 2 aliphatic heterocycles. The maximum absolute atomic E-state index is 11.0. The minimum Gasteiger partial charge on any atom is -0.465 e. The molecule has 0 N–H and O–H groups in total. The van der Waals surface area contributed by atoms with Crippen LogP contribution >= 0.6 is 11.8 Å². The first-order valence-corrected chi connectivity index (χ1v) is 5.19. The van der Waals surface area contributed by atoms with E-state index in [-0.39, 0.29) is 17.1 Å². The monoisotopic (exact) mass is 201 g/mol. The van der Waals surface area contributed by atoms with Crippen LogP contribution in [0.15, 0.2) is 0 Å². The second-order valence-electron chi connectivity index (χ2n) is 3.27. The Kier molecular flexibility index (Phi) is 2.19. The highest BCUT2D eigenvalue weighted by Gasteiger charge is 2.44. The molecule has 1 amide bonds. The Morgan fingerprint density at radius 3 is 3.08 bits per heavy atom. The predicted octanol–water partition coefficient (Wildman–Crippen LogP) is 0.223. The zero-order valence-corrected chi connectivity index (χ0v) is 8.17. The minimum atomic E-state index is -0.249. The van der Waals surface area contributed by atoms with Gasteiger partial charge >= 0.3 is 5.97 Å². The van der Waals surface area contributed by atoms with Crippen LogP contribution in [-0.4, -0.2) is 40.6 Å². The maximum atomic E-state index is 11.0. The van der Waals surface area contributed by atoms with Crippen LogP contribution in [0.2, 0.25) is 0 Å². The summed E-state index contributed by atoms with van der Waals surface area (Å²) in [5, 5.41) is 0.633. The van der Waals surface area contributed by atoms with E-state index < -0.39 is 0 Å². The van der Waals surface area contributed by atoms with Crippen molar-refractivity contribution in [1.29, 1.82) is 0 Å². The maximum Gasteiger partial charge on any atom is 0.302 e. The molecule has 2 heterocycles. The lowest BCUT2D eigenvalue weighted by Crippen LogP contribution is -2.47. The average Bonchev–Trinajstić information content (AvgIpc) is 2.39. The average molecular weight is 201 g/mol. The number of fused-ring (bicyclic) bond motifs is 1. The van der Waals surface area contributed by atoms with Gasteiger partial charge in [0.2, 0.25) is 5.91 Å². The summed E-state index contributed by atoms with van der Waals surface area (Å²) in [7, 11) is 0. The van der Waals surface area contributed by atoms with Gasteiger partial charge < -0.3 is 9.64 Å². The fourth-order valence-electron chi connectivity index (χ4n) is 1.55. The minimum absolute atomic E-state index is 0.225. The van der Waals surface area contributed by atoms with Crippen molar-refractivity contribution in [3.8, 4) is 0 Å². The number of nitrogens with zero attached hydrogens (tertiary/aromatic N) is 1. The predicted molar refractivity (Wildman–Crippen MR) is 48.1 cm³/mol. The number of hydrogen-bond acceptors (Lipinski definition) is 4. The third kappa shape index (κ3) is 1.65. The van der Waals surface area contributed by atoms with Gasteiger partial charge in [-0.2, -0.15) is 0 Å². The molecule has 0 aliphatic carbocycles. The van der Waals surface area contributed by atoms with E-state index in [1.807, 2.05) is 4.90 Å². The summed E-state index contributed by atoms with van der Waals surface area (Å²) >= 11 is 1.73. The van der Waals surface area contributed by atoms with Gasteiger partial charge in [-0.15, -0.1) is 11.8 Å². The Labute approximate surface area is 80.6 Å². The van der Waals surface area contributed by atoms with Crippen molar-refractivity contribution in [1.82, 2.24) is 4.90 Å². The van der Waals surface area contributed by atoms with Gasteiger partial charge in [-0.3, -0.25) is 9.59 Å². The normalized spacial score (nSPS) is 31.2. The lowest BCUT2D eigenvalue weighted by atomic mass is 10.2. The van der Waals surface area contributed by atoms with Gasteiger partial charge in [0, 0.05) is 13.5 Å². The molecule has 2 atom stereocenters. The molecule has 72 valence electrons. The second-order valence-corrected chi connectivity index (χ2v) is 4.75. The van der Waals surface area contributed by atoms with Gasteiger partial charge in [-0.05, 0) is 0 Å². The molecule has 0 aromatic heterocycles. The number of carbonyl (C=O) groups is 2. The van der Waals surface area contributed by atoms with Gasteiger partial charge in [-0.25, -0.2) is 0 Å². The third-order valence-electron chi connectivity index (χ3n) is 2.24. The van der Waals surface area contributed by atoms with Crippen LogP contribution < -0.4 is 0 Å². The molecule has 2 aliphatic rings. The highest BCUT2D eigenvalue weighted by molar-refractivity contribution is 8.00. The van der Waals surface area contributed by atoms with E-state index in [9.17, 15) is 9.59 Å². The van der Waals surface area contributed by atoms with Crippen LogP contribution in [0.3, 0.4) is 0 Å². The summed E-state index contributed by atoms with van der Waals surface area (Å²) in [4.78, 5) is 23.4. The van der Waals surface area contributed by atoms with Crippen molar-refractivity contribution in [3.63, 3.8) is 0 Å². The van der Waals surface area contributed by atoms with Gasteiger partial charge in [0.15, 0.2) is 0 Å². The summed E-state index contributed by atoms with van der Waals surface area (Å²) in [5.74, 6) is -0.0241. The highest BCUT2D eigenvalue weighted by atomic mass is 32.2. The van der Waals surface area contributed by atoms with E-state index in [1.54, 1.807) is 11.8 Å². The van der Waals surface area contributed by atoms with Crippen molar-refractivity contribution < 1.29 is 14.3 Å². The molecule has 0 saturated carbocycles. The number of ether oxygens (including phenoxy) is 1. The highest BCUT2D eigenvalue weighted by Crippen LogP contribution is 2.39. The zero-order chi connectivity index (χ0) is 9.42. The molecule has 13 heavy (non-hydrogen) atoms. The summed E-state index contributed by atoms with van der Waals surface area (Å²) < 4.78 is 4.89. The summed E-state index contributed by atoms with van der Waals surface area (Å²) in [5.41, 5.74) is 0. The number of β-lactam (4-membered cyclic amide) rings is 1. The standard InChI is InChI=1S/C8H11NO3S/c1-5(10)12-4-6-3-9-7(11)2-8(9)13-6/h6,8H,2-4H2,1H3. The summed E-state index contributed by atoms with van der Waals surface area (Å²) in [6.07, 6.45) is 0.654. The Hall–Kier alpha value is -0.710. The van der Waals surface area contributed by atoms with Gasteiger partial charge in [0.25, 0.3) is 0 Å².